The Kier molecular flexibility index (Phi) is 1.37. The van der Waals surface area contributed by atoms with Crippen LogP contribution in [0.4, 0.5) is 0 Å². The zero-order valence-corrected chi connectivity index (χ0v) is 7.53. The van der Waals surface area contributed by atoms with Crippen LogP contribution in [0.3, 0.4) is 0 Å². The number of hydrogen-bond donors (Lipinski definition) is 0. The van der Waals surface area contributed by atoms with Crippen molar-refractivity contribution in [1.29, 1.82) is 0 Å². The molecule has 0 N–H and O–H groups in total. The predicted molar refractivity (Wildman–Crippen MR) is 46.6 cm³/mol. The molecule has 1 fully saturated rings. The van der Waals surface area contributed by atoms with Crippen LogP contribution >= 0.6 is 0 Å². The van der Waals surface area contributed by atoms with Gasteiger partial charge in [0.2, 0.25) is 11.7 Å². The molecule has 1 aromatic heterocycles. The van der Waals surface area contributed by atoms with E-state index in [2.05, 4.69) is 0 Å². The largest absolute Gasteiger partial charge is 0.461 e. The molecule has 1 atom stereocenters. The Morgan fingerprint density at radius 3 is 3.14 bits per heavy atom. The molecule has 0 radical (unpaired) electrons. The van der Waals surface area contributed by atoms with Crippen LogP contribution in [-0.4, -0.2) is 22.6 Å². The highest BCUT2D eigenvalue weighted by Gasteiger charge is 2.42. The van der Waals surface area contributed by atoms with Crippen molar-refractivity contribution < 1.29 is 14.0 Å². The number of fused-ring (bicyclic) bond motifs is 2. The smallest absolute Gasteiger partial charge is 0.223 e. The van der Waals surface area contributed by atoms with Crippen molar-refractivity contribution in [3.05, 3.63) is 23.7 Å². The quantitative estimate of drug-likeness (QED) is 0.613. The van der Waals surface area contributed by atoms with Crippen LogP contribution in [0.1, 0.15) is 29.0 Å². The third-order valence-electron chi connectivity index (χ3n) is 2.94. The fourth-order valence-electron chi connectivity index (χ4n) is 2.22. The first-order valence-corrected chi connectivity index (χ1v) is 4.67. The van der Waals surface area contributed by atoms with Gasteiger partial charge in [-0.3, -0.25) is 9.59 Å². The number of ketones is 1. The van der Waals surface area contributed by atoms with E-state index >= 15 is 0 Å². The molecule has 1 unspecified atom stereocenters. The Balaban J connectivity index is 2.09. The molecular weight excluding hydrogens is 182 g/mol. The first-order valence-electron chi connectivity index (χ1n) is 4.67. The highest BCUT2D eigenvalue weighted by Crippen LogP contribution is 2.31. The molecule has 4 nitrogen and oxygen atoms in total. The average molecular weight is 191 g/mol. The van der Waals surface area contributed by atoms with Gasteiger partial charge in [-0.15, -0.1) is 0 Å². The fourth-order valence-corrected chi connectivity index (χ4v) is 2.22. The molecule has 0 spiro atoms. The Labute approximate surface area is 80.5 Å². The Hall–Kier alpha value is -1.58. The molecule has 1 saturated heterocycles. The minimum Gasteiger partial charge on any atom is -0.461 e. The van der Waals surface area contributed by atoms with Gasteiger partial charge >= 0.3 is 0 Å². The third-order valence-corrected chi connectivity index (χ3v) is 2.94. The highest BCUT2D eigenvalue weighted by molar-refractivity contribution is 6.03. The van der Waals surface area contributed by atoms with Crippen LogP contribution in [0.15, 0.2) is 16.7 Å². The van der Waals surface area contributed by atoms with E-state index in [0.717, 1.165) is 5.56 Å². The monoisotopic (exact) mass is 191 g/mol. The van der Waals surface area contributed by atoms with Gasteiger partial charge in [0, 0.05) is 12.0 Å². The number of furan rings is 1. The summed E-state index contributed by atoms with van der Waals surface area (Å²) in [5.41, 5.74) is 0.835. The molecule has 0 saturated carbocycles. The Morgan fingerprint density at radius 2 is 2.29 bits per heavy atom. The molecule has 0 aromatic carbocycles. The molecule has 1 amide bonds. The van der Waals surface area contributed by atoms with Crippen molar-refractivity contribution in [2.24, 2.45) is 0 Å². The van der Waals surface area contributed by atoms with E-state index in [1.54, 1.807) is 11.0 Å². The zero-order chi connectivity index (χ0) is 9.71. The van der Waals surface area contributed by atoms with Crippen molar-refractivity contribution in [2.45, 2.75) is 25.4 Å². The van der Waals surface area contributed by atoms with Gasteiger partial charge in [-0.1, -0.05) is 0 Å². The molecule has 4 heteroatoms. The summed E-state index contributed by atoms with van der Waals surface area (Å²) in [6, 6.07) is 1.50. The molecule has 3 rings (SSSR count). The first kappa shape index (κ1) is 7.79. The van der Waals surface area contributed by atoms with Gasteiger partial charge in [0.05, 0.1) is 18.8 Å². The van der Waals surface area contributed by atoms with E-state index in [1.165, 1.54) is 6.26 Å². The lowest BCUT2D eigenvalue weighted by molar-refractivity contribution is -0.129. The zero-order valence-electron chi connectivity index (χ0n) is 7.53. The molecule has 72 valence electrons. The van der Waals surface area contributed by atoms with Gasteiger partial charge in [-0.2, -0.15) is 0 Å². The second kappa shape index (κ2) is 2.47. The number of carbonyl (C=O) groups excluding carboxylic acids is 2. The van der Waals surface area contributed by atoms with Gasteiger partial charge in [0.15, 0.2) is 5.76 Å². The number of amides is 1. The number of hydrogen-bond acceptors (Lipinski definition) is 3. The summed E-state index contributed by atoms with van der Waals surface area (Å²) >= 11 is 0. The van der Waals surface area contributed by atoms with Crippen LogP contribution in [0.2, 0.25) is 0 Å². The summed E-state index contributed by atoms with van der Waals surface area (Å²) in [5, 5.41) is 0. The van der Waals surface area contributed by atoms with Crippen LogP contribution in [0.25, 0.3) is 0 Å². The highest BCUT2D eigenvalue weighted by atomic mass is 16.3. The van der Waals surface area contributed by atoms with Crippen LogP contribution in [0, 0.1) is 0 Å². The van der Waals surface area contributed by atoms with E-state index in [4.69, 9.17) is 4.42 Å². The van der Waals surface area contributed by atoms with Crippen molar-refractivity contribution >= 4 is 11.7 Å². The van der Waals surface area contributed by atoms with Gasteiger partial charge in [-0.05, 0) is 12.5 Å². The molecule has 0 aliphatic carbocycles. The molecule has 2 aliphatic heterocycles. The number of rotatable bonds is 0. The van der Waals surface area contributed by atoms with Crippen LogP contribution in [0.5, 0.6) is 0 Å². The summed E-state index contributed by atoms with van der Waals surface area (Å²) in [4.78, 5) is 24.9. The van der Waals surface area contributed by atoms with E-state index in [0.29, 0.717) is 25.1 Å². The lowest BCUT2D eigenvalue weighted by Gasteiger charge is -2.27. The molecule has 2 aliphatic rings. The Morgan fingerprint density at radius 1 is 1.43 bits per heavy atom. The second-order valence-electron chi connectivity index (χ2n) is 3.72. The molecule has 3 heterocycles. The number of carbonyl (C=O) groups is 2. The summed E-state index contributed by atoms with van der Waals surface area (Å²) in [6.07, 6.45) is 2.63. The first-order chi connectivity index (χ1) is 6.77. The van der Waals surface area contributed by atoms with Crippen molar-refractivity contribution in [2.75, 3.05) is 0 Å². The SMILES string of the molecule is O=C1c2occc2CN2C(=O)CCC12. The van der Waals surface area contributed by atoms with E-state index in [-0.39, 0.29) is 17.7 Å². The summed E-state index contributed by atoms with van der Waals surface area (Å²) in [6.45, 7) is 0.529. The van der Waals surface area contributed by atoms with Gasteiger partial charge in [0.1, 0.15) is 0 Å². The van der Waals surface area contributed by atoms with Crippen LogP contribution in [-0.2, 0) is 11.3 Å². The van der Waals surface area contributed by atoms with E-state index < -0.39 is 0 Å². The van der Waals surface area contributed by atoms with Crippen LogP contribution < -0.4 is 0 Å². The molecule has 1 aromatic rings. The third kappa shape index (κ3) is 0.828. The van der Waals surface area contributed by atoms with Crippen molar-refractivity contribution in [3.63, 3.8) is 0 Å². The summed E-state index contributed by atoms with van der Waals surface area (Å²) < 4.78 is 5.12. The van der Waals surface area contributed by atoms with Gasteiger partial charge in [0.25, 0.3) is 0 Å². The maximum absolute atomic E-state index is 11.8. The van der Waals surface area contributed by atoms with Gasteiger partial charge in [-0.25, -0.2) is 0 Å². The maximum Gasteiger partial charge on any atom is 0.223 e. The topological polar surface area (TPSA) is 50.5 Å². The average Bonchev–Trinajstić information content (AvgIpc) is 2.75. The maximum atomic E-state index is 11.8. The Bertz CT molecular complexity index is 421. The lowest BCUT2D eigenvalue weighted by atomic mass is 10.0. The summed E-state index contributed by atoms with van der Waals surface area (Å²) in [7, 11) is 0. The van der Waals surface area contributed by atoms with E-state index in [9.17, 15) is 9.59 Å². The second-order valence-corrected chi connectivity index (χ2v) is 3.72. The van der Waals surface area contributed by atoms with Gasteiger partial charge < -0.3 is 9.32 Å². The minimum atomic E-state index is -0.263. The molecule has 0 bridgehead atoms. The lowest BCUT2D eigenvalue weighted by Crippen LogP contribution is -2.41. The standard InChI is InChI=1S/C10H9NO3/c12-8-2-1-7-9(13)10-6(3-4-14-10)5-11(7)8/h3-4,7H,1-2,5H2. The minimum absolute atomic E-state index is 0.0397. The summed E-state index contributed by atoms with van der Waals surface area (Å²) in [5.74, 6) is 0.484. The number of nitrogens with zero attached hydrogens (tertiary/aromatic N) is 1. The molecular formula is C10H9NO3. The molecule has 14 heavy (non-hydrogen) atoms. The normalized spacial score (nSPS) is 25.1. The van der Waals surface area contributed by atoms with Crippen molar-refractivity contribution in [3.8, 4) is 0 Å². The van der Waals surface area contributed by atoms with Crippen molar-refractivity contribution in [1.82, 2.24) is 4.90 Å². The van der Waals surface area contributed by atoms with E-state index in [1.807, 2.05) is 0 Å². The number of Topliss-reactive ketones (excluding diaryl/α,β-unsaturated/α-hetero) is 1. The predicted octanol–water partition coefficient (Wildman–Crippen LogP) is 0.967. The fraction of sp³-hybridized carbons (Fsp3) is 0.400.